The van der Waals surface area contributed by atoms with Crippen LogP contribution in [-0.4, -0.2) is 130 Å². The first kappa shape index (κ1) is 68.3. The van der Waals surface area contributed by atoms with Crippen molar-refractivity contribution in [3.05, 3.63) is 82.4 Å². The van der Waals surface area contributed by atoms with Gasteiger partial charge < -0.3 is 44.2 Å². The number of aromatic nitrogens is 10. The lowest BCUT2D eigenvalue weighted by Crippen LogP contribution is -2.33. The maximum atomic E-state index is 13.8. The maximum absolute atomic E-state index is 13.8. The molecule has 2 fully saturated rings. The Morgan fingerprint density at radius 2 is 1.09 bits per heavy atom. The molecule has 0 spiro atoms. The molecule has 21 nitrogen and oxygen atoms in total. The van der Waals surface area contributed by atoms with Crippen LogP contribution in [0.4, 0.5) is 0 Å². The van der Waals surface area contributed by atoms with E-state index >= 15 is 0 Å². The van der Waals surface area contributed by atoms with Crippen LogP contribution in [0.5, 0.6) is 0 Å². The van der Waals surface area contributed by atoms with Gasteiger partial charge in [0.05, 0.1) is 29.0 Å². The van der Waals surface area contributed by atoms with Crippen LogP contribution < -0.4 is 11.1 Å². The van der Waals surface area contributed by atoms with Gasteiger partial charge in [-0.05, 0) is 140 Å². The third-order valence-corrected chi connectivity index (χ3v) is 19.3. The normalized spacial score (nSPS) is 17.2. The number of aryl methyl sites for hydroxylation is 2. The van der Waals surface area contributed by atoms with Gasteiger partial charge in [-0.3, -0.25) is 23.7 Å². The van der Waals surface area contributed by atoms with Gasteiger partial charge in [0, 0.05) is 102 Å². The van der Waals surface area contributed by atoms with Crippen molar-refractivity contribution in [1.82, 2.24) is 53.9 Å². The summed E-state index contributed by atoms with van der Waals surface area (Å²) in [6.45, 7) is 26.9. The van der Waals surface area contributed by atoms with E-state index in [-0.39, 0.29) is 54.4 Å². The second-order valence-corrected chi connectivity index (χ2v) is 40.1. The largest absolute Gasteiger partial charge is 0.478 e. The number of hydrogen-bond donors (Lipinski definition) is 3. The molecule has 0 bridgehead atoms. The number of rotatable bonds is 19. The van der Waals surface area contributed by atoms with Crippen molar-refractivity contribution >= 4 is 107 Å². The van der Waals surface area contributed by atoms with E-state index in [4.69, 9.17) is 62.9 Å². The molecule has 0 aliphatic heterocycles. The van der Waals surface area contributed by atoms with Crippen molar-refractivity contribution < 1.29 is 43.2 Å². The second kappa shape index (κ2) is 28.3. The number of carbonyl (C=O) groups is 4. The van der Waals surface area contributed by atoms with Crippen molar-refractivity contribution in [2.75, 3.05) is 13.2 Å². The number of halogens is 2. The molecule has 6 aromatic heterocycles. The van der Waals surface area contributed by atoms with Crippen molar-refractivity contribution in [1.29, 1.82) is 0 Å². The average molecular weight is 1300 g/mol. The van der Waals surface area contributed by atoms with Crippen molar-refractivity contribution in [3.63, 3.8) is 0 Å². The van der Waals surface area contributed by atoms with Crippen LogP contribution in [0.3, 0.4) is 0 Å². The van der Waals surface area contributed by atoms with Crippen molar-refractivity contribution in [2.45, 2.75) is 181 Å². The smallest absolute Gasteiger partial charge is 0.339 e. The Morgan fingerprint density at radius 3 is 1.52 bits per heavy atom. The highest BCUT2D eigenvalue weighted by Crippen LogP contribution is 2.34. The number of hydrogen-bond acceptors (Lipinski definition) is 15. The highest BCUT2D eigenvalue weighted by molar-refractivity contribution is 6.76. The average Bonchev–Trinajstić information content (AvgIpc) is 1.65. The maximum Gasteiger partial charge on any atom is 0.339 e. The van der Waals surface area contributed by atoms with Crippen LogP contribution in [0.15, 0.2) is 61.2 Å². The van der Waals surface area contributed by atoms with Gasteiger partial charge in [-0.25, -0.2) is 24.7 Å². The number of carboxylic acid groups (broad SMARTS) is 1. The zero-order valence-electron chi connectivity index (χ0n) is 54.0. The van der Waals surface area contributed by atoms with Gasteiger partial charge in [-0.2, -0.15) is 10.2 Å². The van der Waals surface area contributed by atoms with Crippen LogP contribution in [-0.2, 0) is 56.1 Å². The van der Waals surface area contributed by atoms with Gasteiger partial charge in [0.15, 0.2) is 11.3 Å². The van der Waals surface area contributed by atoms with E-state index in [0.717, 1.165) is 72.4 Å². The fourth-order valence-electron chi connectivity index (χ4n) is 11.0. The van der Waals surface area contributed by atoms with Gasteiger partial charge in [0.2, 0.25) is 0 Å². The molecule has 2 aliphatic rings. The Labute approximate surface area is 532 Å². The Morgan fingerprint density at radius 1 is 0.652 bits per heavy atom. The van der Waals surface area contributed by atoms with Gasteiger partial charge in [0.25, 0.3) is 5.91 Å². The second-order valence-electron chi connectivity index (χ2n) is 28.0. The lowest BCUT2D eigenvalue weighted by atomic mass is 10.0. The quantitative estimate of drug-likeness (QED) is 0.0386. The molecular weight excluding hydrogens is 1210 g/mol. The molecule has 89 heavy (non-hydrogen) atoms. The summed E-state index contributed by atoms with van der Waals surface area (Å²) in [5.41, 5.74) is 11.4. The first-order valence-corrected chi connectivity index (χ1v) is 38.7. The molecule has 480 valence electrons. The Balaban J connectivity index is 0.000000196. The highest BCUT2D eigenvalue weighted by atomic mass is 35.5. The van der Waals surface area contributed by atoms with E-state index in [1.165, 1.54) is 6.20 Å². The van der Waals surface area contributed by atoms with Crippen LogP contribution in [0, 0.1) is 11.8 Å². The first-order valence-electron chi connectivity index (χ1n) is 30.5. The Hall–Kier alpha value is -6.61. The number of aromatic carboxylic acids is 1. The molecule has 0 radical (unpaired) electrons. The topological polar surface area (TPSA) is 261 Å². The van der Waals surface area contributed by atoms with Crippen LogP contribution in [0.25, 0.3) is 66.9 Å². The minimum absolute atomic E-state index is 0.0399. The van der Waals surface area contributed by atoms with E-state index in [9.17, 15) is 24.3 Å². The summed E-state index contributed by atoms with van der Waals surface area (Å²) >= 11 is 12.4. The summed E-state index contributed by atoms with van der Waals surface area (Å²) in [5, 5.41) is 25.1. The van der Waals surface area contributed by atoms with E-state index in [1.54, 1.807) is 38.6 Å². The van der Waals surface area contributed by atoms with E-state index in [0.29, 0.717) is 98.7 Å². The molecule has 4 N–H and O–H groups in total. The molecule has 10 rings (SSSR count). The lowest BCUT2D eigenvalue weighted by Gasteiger charge is -2.20. The monoisotopic (exact) mass is 1290 g/mol. The predicted octanol–water partition coefficient (Wildman–Crippen LogP) is 13.1. The number of amides is 1. The fourth-order valence-corrected chi connectivity index (χ4v) is 12.8. The third-order valence-electron chi connectivity index (χ3n) is 15.4. The number of carboxylic acids is 1. The summed E-state index contributed by atoms with van der Waals surface area (Å²) in [6.07, 6.45) is 13.0. The van der Waals surface area contributed by atoms with Crippen molar-refractivity contribution in [2.24, 2.45) is 31.7 Å². The Kier molecular flexibility index (Phi) is 21.7. The van der Waals surface area contributed by atoms with Gasteiger partial charge in [-0.15, -0.1) is 0 Å². The molecule has 2 aromatic carbocycles. The van der Waals surface area contributed by atoms with Crippen molar-refractivity contribution in [3.8, 4) is 22.8 Å². The minimum atomic E-state index is -1.25. The van der Waals surface area contributed by atoms with Crippen LogP contribution >= 0.6 is 23.2 Å². The Bertz CT molecular complexity index is 3850. The van der Waals surface area contributed by atoms with Gasteiger partial charge in [0.1, 0.15) is 64.0 Å². The number of fused-ring (bicyclic) bond motifs is 4. The number of carbonyl (C=O) groups excluding carboxylic acids is 3. The van der Waals surface area contributed by atoms with Gasteiger partial charge >= 0.3 is 17.9 Å². The zero-order valence-corrected chi connectivity index (χ0v) is 57.5. The summed E-state index contributed by atoms with van der Waals surface area (Å²) < 4.78 is 29.6. The molecule has 1 amide bonds. The number of esters is 2. The van der Waals surface area contributed by atoms with E-state index in [1.807, 2.05) is 90.5 Å². The van der Waals surface area contributed by atoms with Gasteiger partial charge in [-0.1, -0.05) is 62.5 Å². The molecule has 4 unspecified atom stereocenters. The van der Waals surface area contributed by atoms with Crippen LogP contribution in [0.1, 0.15) is 114 Å². The summed E-state index contributed by atoms with van der Waals surface area (Å²) in [5.74, 6) is -0.943. The molecule has 2 saturated carbocycles. The molecule has 4 atom stereocenters. The molecule has 2 aliphatic carbocycles. The number of ether oxygens (including phenoxy) is 4. The minimum Gasteiger partial charge on any atom is -0.478 e. The number of nitrogens with two attached hydrogens (primary N) is 1. The SMILES string of the molecule is CC(C)(C)OC(=O)CC1CCC(N)C1.Cn1nc(-c2cnc3c(n2)c(C(=O)NC2CCC(CC(=O)OC(C)(C)C)C2)cn3COCC[Si](C)(C)C)c2ccc(Cl)cc21.Cn1nc(-c2cnc3c(n2)c(C(=O)O)cn3COCC[Si](C)(C)C)c2ccc(Cl)cc21. The number of benzene rings is 2. The molecule has 0 saturated heterocycles. The number of nitrogens with zero attached hydrogens (tertiary/aromatic N) is 10. The standard InChI is InChI=1S/C32H43ClN6O4Si.C21H24ClN5O3Si.C11H21NO2/c1-32(2,3)43-27(40)15-20-8-10-22(14-20)35-31(41)24-18-39(19-42-12-13-44(5,6)7)30-29(24)36-25(17-34-30)28-23-11-9-21(33)16-26(23)38(4)37-28;1-26-17-9-13(22)5-6-14(17)18(25-26)16-10-23-20-19(24-16)15(21(28)29)11-27(20)12-30-7-8-31(2,3)4;1-11(2,3)14-10(13)7-8-4-5-9(12)6-8/h9,11,16-18,20,22H,8,10,12-15,19H2,1-7H3,(H,35,41);5-6,9-11H,7-8,12H2,1-4H3,(H,28,29);8-9H,4-7,12H2,1-3H3. The molecule has 8 aromatic rings. The van der Waals surface area contributed by atoms with E-state index in [2.05, 4.69) is 59.7 Å². The van der Waals surface area contributed by atoms with E-state index < -0.39 is 27.7 Å². The summed E-state index contributed by atoms with van der Waals surface area (Å²) in [7, 11) is 1.23. The highest BCUT2D eigenvalue weighted by Gasteiger charge is 2.32. The molecular formula is C64H88Cl2N12O9Si2. The third kappa shape index (κ3) is 18.8. The fraction of sp³-hybridized carbons (Fsp3) is 0.531. The first-order chi connectivity index (χ1) is 41.7. The zero-order chi connectivity index (χ0) is 64.9. The van der Waals surface area contributed by atoms with Crippen LogP contribution in [0.2, 0.25) is 61.4 Å². The molecule has 25 heteroatoms. The lowest BCUT2D eigenvalue weighted by molar-refractivity contribution is -0.157. The predicted molar refractivity (Wildman–Crippen MR) is 354 cm³/mol. The number of nitrogens with one attached hydrogen (secondary N) is 1. The summed E-state index contributed by atoms with van der Waals surface area (Å²) in [4.78, 5) is 68.3. The summed E-state index contributed by atoms with van der Waals surface area (Å²) in [6, 6.07) is 13.4. The molecule has 6 heterocycles.